The van der Waals surface area contributed by atoms with Gasteiger partial charge in [-0.05, 0) is 100 Å². The van der Waals surface area contributed by atoms with E-state index in [4.69, 9.17) is 4.74 Å². The average molecular weight is 1110 g/mol. The van der Waals surface area contributed by atoms with Crippen molar-refractivity contribution in [3.05, 3.63) is 42.0 Å². The third-order valence-corrected chi connectivity index (χ3v) is 12.8. The summed E-state index contributed by atoms with van der Waals surface area (Å²) >= 11 is 1.47. The molecule has 0 saturated heterocycles. The molecule has 0 spiro atoms. The molecule has 0 radical (unpaired) electrons. The lowest BCUT2D eigenvalue weighted by molar-refractivity contribution is -0.166. The van der Waals surface area contributed by atoms with Crippen LogP contribution < -0.4 is 36.6 Å². The molecule has 0 unspecified atom stereocenters. The summed E-state index contributed by atoms with van der Waals surface area (Å²) in [5.74, 6) is -4.91. The molecule has 3 atom stereocenters. The highest BCUT2D eigenvalue weighted by molar-refractivity contribution is 7.98. The fourth-order valence-corrected chi connectivity index (χ4v) is 7.81. The second-order valence-corrected chi connectivity index (χ2v) is 19.3. The number of nitrogens with zero attached hydrogens (tertiary/aromatic N) is 4. The zero-order valence-electron chi connectivity index (χ0n) is 44.8. The van der Waals surface area contributed by atoms with Gasteiger partial charge in [0.2, 0.25) is 41.4 Å². The number of amides is 11. The number of unbranched alkanes of at least 4 members (excludes halogenated alkanes) is 6. The first-order valence-electron chi connectivity index (χ1n) is 26.2. The molecule has 0 aliphatic carbocycles. The lowest BCUT2D eigenvalue weighted by Crippen LogP contribution is -2.56. The Kier molecular flexibility index (Phi) is 32.8. The molecule has 1 aliphatic rings. The van der Waals surface area contributed by atoms with Crippen molar-refractivity contribution in [3.8, 4) is 5.75 Å². The normalized spacial score (nSPS) is 12.9. The molecule has 25 nitrogen and oxygen atoms in total. The molecule has 430 valence electrons. The number of nitrogens with one attached hydrogen (secondary N) is 6. The van der Waals surface area contributed by atoms with Gasteiger partial charge in [-0.2, -0.15) is 11.8 Å². The number of benzene rings is 1. The molecule has 77 heavy (non-hydrogen) atoms. The molecule has 1 heterocycles. The number of hydroxylamine groups is 6. The van der Waals surface area contributed by atoms with Crippen molar-refractivity contribution >= 4 is 76.7 Å². The van der Waals surface area contributed by atoms with Crippen LogP contribution in [-0.4, -0.2) is 184 Å². The van der Waals surface area contributed by atoms with Crippen LogP contribution in [0.25, 0.3) is 0 Å². The van der Waals surface area contributed by atoms with Crippen LogP contribution in [0.2, 0.25) is 0 Å². The number of thioether (sulfide) groups is 1. The van der Waals surface area contributed by atoms with E-state index in [1.54, 1.807) is 19.1 Å². The van der Waals surface area contributed by atoms with Crippen LogP contribution in [-0.2, 0) is 47.9 Å². The van der Waals surface area contributed by atoms with Gasteiger partial charge in [-0.15, -0.1) is 0 Å². The van der Waals surface area contributed by atoms with Crippen LogP contribution >= 0.6 is 11.8 Å². The minimum absolute atomic E-state index is 0.0123. The van der Waals surface area contributed by atoms with Gasteiger partial charge < -0.3 is 36.6 Å². The van der Waals surface area contributed by atoms with Gasteiger partial charge in [-0.3, -0.25) is 73.3 Å². The summed E-state index contributed by atoms with van der Waals surface area (Å²) in [6.45, 7) is 5.80. The summed E-state index contributed by atoms with van der Waals surface area (Å²) in [4.78, 5) is 137. The summed E-state index contributed by atoms with van der Waals surface area (Å²) in [7, 11) is 0. The van der Waals surface area contributed by atoms with Crippen molar-refractivity contribution in [3.63, 3.8) is 0 Å². The van der Waals surface area contributed by atoms with Gasteiger partial charge in [0.25, 0.3) is 23.6 Å². The van der Waals surface area contributed by atoms with E-state index < -0.39 is 65.2 Å². The minimum Gasteiger partial charge on any atom is -0.484 e. The quantitative estimate of drug-likeness (QED) is 0.0195. The molecule has 2 rings (SSSR count). The van der Waals surface area contributed by atoms with Gasteiger partial charge in [0, 0.05) is 103 Å². The van der Waals surface area contributed by atoms with Crippen molar-refractivity contribution in [1.82, 2.24) is 52.0 Å². The number of hydrogen-bond donors (Lipinski definition) is 9. The highest BCUT2D eigenvalue weighted by Crippen LogP contribution is 2.15. The number of imide groups is 1. The molecule has 0 bridgehead atoms. The van der Waals surface area contributed by atoms with Gasteiger partial charge in [0.15, 0.2) is 6.61 Å². The molecular weight excluding hydrogens is 1020 g/mol. The fourth-order valence-electron chi connectivity index (χ4n) is 7.34. The standard InChI is InChI=1S/C51H80N10O15S/c1-5-36(2)48(51(72)55-28-32-58-44(66)22-23-45(58)67)57-50(71)40(24-33-77-4)56-49(70)38-16-15-17-39(34-38)76-35-43(65)54-27-11-8-14-31-61(75)47(69)21-19-42(64)53-26-10-7-13-30-60(74)46(68)20-18-41(63)52-25-9-6-12-29-59(73)37(3)62/h15-17,22-23,34,36,40,48,73-75H,5-14,18-21,24-33,35H2,1-4H3,(H,52,63)(H,53,64)(H,54,65)(H,55,72)(H,56,70)(H,57,71)/t36-,40-,48-/m0/s1. The van der Waals surface area contributed by atoms with Crippen LogP contribution in [0.5, 0.6) is 5.75 Å². The van der Waals surface area contributed by atoms with E-state index >= 15 is 0 Å². The Morgan fingerprint density at radius 1 is 0.649 bits per heavy atom. The van der Waals surface area contributed by atoms with E-state index in [0.29, 0.717) is 105 Å². The number of ether oxygens (including phenoxy) is 1. The van der Waals surface area contributed by atoms with Gasteiger partial charge in [-0.25, -0.2) is 15.2 Å². The zero-order chi connectivity index (χ0) is 57.1. The largest absolute Gasteiger partial charge is 0.484 e. The number of rotatable bonds is 40. The Balaban J connectivity index is 1.60. The number of hydrogen-bond acceptors (Lipinski definition) is 16. The molecule has 9 N–H and O–H groups in total. The lowest BCUT2D eigenvalue weighted by Gasteiger charge is -2.27. The van der Waals surface area contributed by atoms with Crippen LogP contribution in [0.15, 0.2) is 36.4 Å². The van der Waals surface area contributed by atoms with Gasteiger partial charge in [0.1, 0.15) is 17.8 Å². The third-order valence-electron chi connectivity index (χ3n) is 12.2. The first-order chi connectivity index (χ1) is 36.8. The average Bonchev–Trinajstić information content (AvgIpc) is 3.73. The zero-order valence-corrected chi connectivity index (χ0v) is 45.6. The molecule has 0 saturated carbocycles. The summed E-state index contributed by atoms with van der Waals surface area (Å²) in [5.41, 5.74) is 0.165. The maximum Gasteiger partial charge on any atom is 0.257 e. The van der Waals surface area contributed by atoms with Gasteiger partial charge >= 0.3 is 0 Å². The second-order valence-electron chi connectivity index (χ2n) is 18.4. The molecular formula is C51H80N10O15S. The first-order valence-corrected chi connectivity index (χ1v) is 27.6. The highest BCUT2D eigenvalue weighted by Gasteiger charge is 2.31. The summed E-state index contributed by atoms with van der Waals surface area (Å²) in [6.07, 6.45) is 9.40. The van der Waals surface area contributed by atoms with Crippen molar-refractivity contribution in [2.45, 2.75) is 129 Å². The van der Waals surface area contributed by atoms with E-state index in [2.05, 4.69) is 31.9 Å². The van der Waals surface area contributed by atoms with Crippen LogP contribution in [0.4, 0.5) is 0 Å². The molecule has 1 aromatic carbocycles. The minimum atomic E-state index is -1.00. The van der Waals surface area contributed by atoms with Crippen molar-refractivity contribution in [1.29, 1.82) is 0 Å². The summed E-state index contributed by atoms with van der Waals surface area (Å²) < 4.78 is 5.62. The molecule has 26 heteroatoms. The van der Waals surface area contributed by atoms with Crippen molar-refractivity contribution in [2.75, 3.05) is 71.0 Å². The van der Waals surface area contributed by atoms with Crippen LogP contribution in [0.3, 0.4) is 0 Å². The maximum atomic E-state index is 13.6. The van der Waals surface area contributed by atoms with Crippen LogP contribution in [0.1, 0.15) is 127 Å². The van der Waals surface area contributed by atoms with Crippen molar-refractivity contribution in [2.24, 2.45) is 5.92 Å². The highest BCUT2D eigenvalue weighted by atomic mass is 32.2. The Bertz CT molecular complexity index is 2130. The smallest absolute Gasteiger partial charge is 0.257 e. The number of carbonyl (C=O) groups is 11. The fraction of sp³-hybridized carbons (Fsp3) is 0.627. The summed E-state index contributed by atoms with van der Waals surface area (Å²) in [5, 5.41) is 47.6. The topological polar surface area (TPSA) is 343 Å². The number of carbonyl (C=O) groups excluding carboxylic acids is 11. The van der Waals surface area contributed by atoms with E-state index in [1.165, 1.54) is 30.8 Å². The monoisotopic (exact) mass is 1100 g/mol. The molecule has 1 aliphatic heterocycles. The summed E-state index contributed by atoms with van der Waals surface area (Å²) in [6, 6.07) is 4.12. The molecule has 0 aromatic heterocycles. The molecule has 1 aromatic rings. The van der Waals surface area contributed by atoms with E-state index in [9.17, 15) is 68.4 Å². The first kappa shape index (κ1) is 66.5. The lowest BCUT2D eigenvalue weighted by atomic mass is 9.97. The van der Waals surface area contributed by atoms with Gasteiger partial charge in [0.05, 0.1) is 0 Å². The SMILES string of the molecule is CC[C@H](C)[C@H](NC(=O)[C@H](CCSC)NC(=O)c1cccc(OCC(=O)NCCCCCN(O)C(=O)CCC(=O)NCCCCCN(O)C(=O)CCC(=O)NCCCCCN(O)C(C)=O)c1)C(=O)NCCN1C(=O)C=CC1=O. The maximum absolute atomic E-state index is 13.6. The Morgan fingerprint density at radius 2 is 1.17 bits per heavy atom. The van der Waals surface area contributed by atoms with E-state index in [-0.39, 0.29) is 100 Å². The predicted molar refractivity (Wildman–Crippen MR) is 282 cm³/mol. The second kappa shape index (κ2) is 38.0. The van der Waals surface area contributed by atoms with Crippen molar-refractivity contribution < 1.29 is 73.1 Å². The Morgan fingerprint density at radius 3 is 1.68 bits per heavy atom. The molecule has 0 fully saturated rings. The van der Waals surface area contributed by atoms with Gasteiger partial charge in [-0.1, -0.05) is 26.3 Å². The Hall–Kier alpha value is -6.64. The molecule has 11 amide bonds. The predicted octanol–water partition coefficient (Wildman–Crippen LogP) is 1.58. The van der Waals surface area contributed by atoms with E-state index in [0.717, 1.165) is 17.1 Å². The Labute approximate surface area is 454 Å². The van der Waals surface area contributed by atoms with E-state index in [1.807, 2.05) is 13.2 Å². The third kappa shape index (κ3) is 27.8. The van der Waals surface area contributed by atoms with Crippen LogP contribution in [0, 0.1) is 5.92 Å².